The lowest BCUT2D eigenvalue weighted by molar-refractivity contribution is -0.133. The zero-order valence-corrected chi connectivity index (χ0v) is 12.7. The van der Waals surface area contributed by atoms with Crippen molar-refractivity contribution in [3.8, 4) is 0 Å². The van der Waals surface area contributed by atoms with Crippen molar-refractivity contribution in [3.63, 3.8) is 0 Å². The molecule has 0 aliphatic heterocycles. The summed E-state index contributed by atoms with van der Waals surface area (Å²) in [6, 6.07) is 9.62. The van der Waals surface area contributed by atoms with Gasteiger partial charge in [-0.25, -0.2) is 0 Å². The molecule has 0 aromatic heterocycles. The summed E-state index contributed by atoms with van der Waals surface area (Å²) in [6.45, 7) is 2.46. The van der Waals surface area contributed by atoms with Crippen LogP contribution in [0.3, 0.4) is 0 Å². The molecule has 4 N–H and O–H groups in total. The van der Waals surface area contributed by atoms with Crippen LogP contribution in [0.2, 0.25) is 0 Å². The van der Waals surface area contributed by atoms with E-state index >= 15 is 0 Å². The smallest absolute Gasteiger partial charge is 0.242 e. The lowest BCUT2D eigenvalue weighted by atomic mass is 10.2. The van der Waals surface area contributed by atoms with Crippen LogP contribution in [0.15, 0.2) is 30.3 Å². The summed E-state index contributed by atoms with van der Waals surface area (Å²) in [5.41, 5.74) is 6.13. The molecule has 0 bridgehead atoms. The van der Waals surface area contributed by atoms with Crippen LogP contribution in [0, 0.1) is 0 Å². The Balaban J connectivity index is 2.38. The molecule has 1 aromatic rings. The average molecular weight is 306 g/mol. The highest BCUT2D eigenvalue weighted by atomic mass is 16.2. The number of amides is 3. The number of hydrogen-bond donors (Lipinski definition) is 3. The molecule has 1 aromatic carbocycles. The highest BCUT2D eigenvalue weighted by molar-refractivity contribution is 5.88. The fourth-order valence-electron chi connectivity index (χ4n) is 1.78. The molecular formula is C15H22N4O3. The Bertz CT molecular complexity index is 505. The van der Waals surface area contributed by atoms with E-state index in [9.17, 15) is 14.4 Å². The van der Waals surface area contributed by atoms with Crippen LogP contribution in [0.1, 0.15) is 12.5 Å². The van der Waals surface area contributed by atoms with E-state index < -0.39 is 11.8 Å². The van der Waals surface area contributed by atoms with E-state index in [0.717, 1.165) is 5.56 Å². The number of nitrogens with two attached hydrogens (primary N) is 1. The van der Waals surface area contributed by atoms with Gasteiger partial charge in [0, 0.05) is 13.1 Å². The first-order valence-corrected chi connectivity index (χ1v) is 7.12. The summed E-state index contributed by atoms with van der Waals surface area (Å²) in [4.78, 5) is 36.1. The fraction of sp³-hybridized carbons (Fsp3) is 0.400. The number of hydrogen-bond acceptors (Lipinski definition) is 4. The van der Waals surface area contributed by atoms with E-state index in [2.05, 4.69) is 10.6 Å². The molecule has 0 radical (unpaired) electrons. The van der Waals surface area contributed by atoms with Crippen LogP contribution < -0.4 is 16.4 Å². The second-order valence-electron chi connectivity index (χ2n) is 4.65. The molecule has 0 aliphatic carbocycles. The molecule has 0 atom stereocenters. The fourth-order valence-corrected chi connectivity index (χ4v) is 1.78. The van der Waals surface area contributed by atoms with E-state index in [1.54, 1.807) is 4.90 Å². The largest absolute Gasteiger partial charge is 0.346 e. The second kappa shape index (κ2) is 9.51. The van der Waals surface area contributed by atoms with E-state index in [1.165, 1.54) is 0 Å². The molecule has 0 unspecified atom stereocenters. The Morgan fingerprint density at radius 3 is 2.27 bits per heavy atom. The van der Waals surface area contributed by atoms with Gasteiger partial charge in [0.2, 0.25) is 17.7 Å². The Morgan fingerprint density at radius 2 is 1.68 bits per heavy atom. The van der Waals surface area contributed by atoms with Crippen molar-refractivity contribution in [1.29, 1.82) is 0 Å². The predicted octanol–water partition coefficient (Wildman–Crippen LogP) is -0.774. The van der Waals surface area contributed by atoms with E-state index in [4.69, 9.17) is 5.73 Å². The van der Waals surface area contributed by atoms with Crippen molar-refractivity contribution >= 4 is 17.7 Å². The number of rotatable bonds is 8. The second-order valence-corrected chi connectivity index (χ2v) is 4.65. The number of carbonyl (C=O) groups is 3. The van der Waals surface area contributed by atoms with Gasteiger partial charge in [-0.2, -0.15) is 0 Å². The molecule has 0 spiro atoms. The molecule has 0 saturated carbocycles. The normalized spacial score (nSPS) is 9.91. The Kier molecular flexibility index (Phi) is 7.63. The zero-order chi connectivity index (χ0) is 16.4. The van der Waals surface area contributed by atoms with E-state index in [0.29, 0.717) is 13.1 Å². The molecular weight excluding hydrogens is 284 g/mol. The minimum absolute atomic E-state index is 0.0992. The molecule has 0 heterocycles. The Labute approximate surface area is 129 Å². The monoisotopic (exact) mass is 306 g/mol. The van der Waals surface area contributed by atoms with Crippen molar-refractivity contribution in [2.24, 2.45) is 5.73 Å². The lowest BCUT2D eigenvalue weighted by Gasteiger charge is -2.21. The molecule has 22 heavy (non-hydrogen) atoms. The molecule has 7 nitrogen and oxygen atoms in total. The van der Waals surface area contributed by atoms with Gasteiger partial charge in [0.05, 0.1) is 19.6 Å². The maximum atomic E-state index is 12.1. The average Bonchev–Trinajstić information content (AvgIpc) is 2.56. The summed E-state index contributed by atoms with van der Waals surface area (Å²) in [7, 11) is 0. The van der Waals surface area contributed by atoms with Gasteiger partial charge in [0.1, 0.15) is 0 Å². The first kappa shape index (κ1) is 17.6. The van der Waals surface area contributed by atoms with Crippen LogP contribution in [-0.2, 0) is 20.9 Å². The molecule has 120 valence electrons. The lowest BCUT2D eigenvalue weighted by Crippen LogP contribution is -2.44. The van der Waals surface area contributed by atoms with Crippen LogP contribution in [0.4, 0.5) is 0 Å². The number of nitrogens with one attached hydrogen (secondary N) is 2. The van der Waals surface area contributed by atoms with Gasteiger partial charge in [-0.05, 0) is 12.5 Å². The third kappa shape index (κ3) is 6.36. The molecule has 0 fully saturated rings. The zero-order valence-electron chi connectivity index (χ0n) is 12.7. The summed E-state index contributed by atoms with van der Waals surface area (Å²) >= 11 is 0. The van der Waals surface area contributed by atoms with Gasteiger partial charge >= 0.3 is 0 Å². The highest BCUT2D eigenvalue weighted by Gasteiger charge is 2.13. The standard InChI is InChI=1S/C15H22N4O3/c1-2-19(11-12-6-4-3-5-7-12)15(22)10-18-14(21)9-17-13(20)8-16/h3-7H,2,8-11,16H2,1H3,(H,17,20)(H,18,21). The first-order valence-electron chi connectivity index (χ1n) is 7.12. The number of nitrogens with zero attached hydrogens (tertiary/aromatic N) is 1. The molecule has 0 saturated heterocycles. The summed E-state index contributed by atoms with van der Waals surface area (Å²) in [6.07, 6.45) is 0. The molecule has 1 rings (SSSR count). The topological polar surface area (TPSA) is 105 Å². The van der Waals surface area contributed by atoms with Gasteiger partial charge < -0.3 is 21.3 Å². The number of likely N-dealkylation sites (N-methyl/N-ethyl adjacent to an activating group) is 1. The minimum Gasteiger partial charge on any atom is -0.346 e. The maximum Gasteiger partial charge on any atom is 0.242 e. The van der Waals surface area contributed by atoms with Gasteiger partial charge in [-0.3, -0.25) is 14.4 Å². The van der Waals surface area contributed by atoms with Crippen molar-refractivity contribution in [3.05, 3.63) is 35.9 Å². The van der Waals surface area contributed by atoms with Gasteiger partial charge in [-0.15, -0.1) is 0 Å². The third-order valence-electron chi connectivity index (χ3n) is 3.02. The third-order valence-corrected chi connectivity index (χ3v) is 3.02. The van der Waals surface area contributed by atoms with Crippen LogP contribution in [0.5, 0.6) is 0 Å². The van der Waals surface area contributed by atoms with Gasteiger partial charge in [-0.1, -0.05) is 30.3 Å². The summed E-state index contributed by atoms with van der Waals surface area (Å²) in [5.74, 6) is -1.02. The SMILES string of the molecule is CCN(Cc1ccccc1)C(=O)CNC(=O)CNC(=O)CN. The Hall–Kier alpha value is -2.41. The predicted molar refractivity (Wildman–Crippen MR) is 82.6 cm³/mol. The minimum atomic E-state index is -0.425. The molecule has 7 heteroatoms. The quantitative estimate of drug-likeness (QED) is 0.586. The van der Waals surface area contributed by atoms with Crippen molar-refractivity contribution < 1.29 is 14.4 Å². The van der Waals surface area contributed by atoms with Crippen LogP contribution >= 0.6 is 0 Å². The van der Waals surface area contributed by atoms with Crippen molar-refractivity contribution in [1.82, 2.24) is 15.5 Å². The van der Waals surface area contributed by atoms with E-state index in [-0.39, 0.29) is 25.5 Å². The maximum absolute atomic E-state index is 12.1. The van der Waals surface area contributed by atoms with Crippen molar-refractivity contribution in [2.45, 2.75) is 13.5 Å². The van der Waals surface area contributed by atoms with Gasteiger partial charge in [0.25, 0.3) is 0 Å². The number of benzene rings is 1. The molecule has 0 aliphatic rings. The molecule has 3 amide bonds. The van der Waals surface area contributed by atoms with Crippen molar-refractivity contribution in [2.75, 3.05) is 26.2 Å². The Morgan fingerprint density at radius 1 is 1.05 bits per heavy atom. The highest BCUT2D eigenvalue weighted by Crippen LogP contribution is 2.04. The first-order chi connectivity index (χ1) is 10.6. The summed E-state index contributed by atoms with van der Waals surface area (Å²) in [5, 5.41) is 4.81. The summed E-state index contributed by atoms with van der Waals surface area (Å²) < 4.78 is 0. The van der Waals surface area contributed by atoms with Crippen LogP contribution in [-0.4, -0.2) is 48.8 Å². The van der Waals surface area contributed by atoms with Gasteiger partial charge in [0.15, 0.2) is 0 Å². The number of carbonyl (C=O) groups excluding carboxylic acids is 3. The van der Waals surface area contributed by atoms with E-state index in [1.807, 2.05) is 37.3 Å². The van der Waals surface area contributed by atoms with Crippen LogP contribution in [0.25, 0.3) is 0 Å².